The van der Waals surface area contributed by atoms with Gasteiger partial charge in [0.05, 0.1) is 11.1 Å². The minimum absolute atomic E-state index is 0.138. The molecule has 0 bridgehead atoms. The van der Waals surface area contributed by atoms with Crippen LogP contribution in [-0.2, 0) is 4.79 Å². The van der Waals surface area contributed by atoms with Gasteiger partial charge in [-0.15, -0.1) is 0 Å². The molecule has 2 unspecified atom stereocenters. The zero-order valence-electron chi connectivity index (χ0n) is 11.5. The van der Waals surface area contributed by atoms with Gasteiger partial charge in [-0.3, -0.25) is 4.79 Å². The summed E-state index contributed by atoms with van der Waals surface area (Å²) in [5.41, 5.74) is 0. The second-order valence-electron chi connectivity index (χ2n) is 4.59. The molecule has 1 aromatic carbocycles. The van der Waals surface area contributed by atoms with E-state index >= 15 is 0 Å². The van der Waals surface area contributed by atoms with Crippen molar-refractivity contribution in [1.29, 1.82) is 0 Å². The summed E-state index contributed by atoms with van der Waals surface area (Å²) in [6, 6.07) is 7.04. The second-order valence-corrected chi connectivity index (χ2v) is 5.00. The van der Waals surface area contributed by atoms with Crippen LogP contribution in [0.15, 0.2) is 24.3 Å². The van der Waals surface area contributed by atoms with Crippen LogP contribution in [-0.4, -0.2) is 41.7 Å². The van der Waals surface area contributed by atoms with Crippen LogP contribution in [0.5, 0.6) is 5.75 Å². The normalized spacial score (nSPS) is 13.7. The number of ether oxygens (including phenoxy) is 1. The number of benzene rings is 1. The molecule has 1 rings (SSSR count). The monoisotopic (exact) mass is 285 g/mol. The summed E-state index contributed by atoms with van der Waals surface area (Å²) in [5.74, 6) is 0.356. The number of aliphatic hydroxyl groups excluding tert-OH is 1. The fraction of sp³-hybridized carbons (Fsp3) is 0.500. The molecule has 5 heteroatoms. The molecular weight excluding hydrogens is 266 g/mol. The molecule has 0 aliphatic heterocycles. The highest BCUT2D eigenvalue weighted by molar-refractivity contribution is 6.32. The lowest BCUT2D eigenvalue weighted by atomic mass is 10.2. The highest BCUT2D eigenvalue weighted by atomic mass is 35.5. The zero-order chi connectivity index (χ0) is 14.4. The highest BCUT2D eigenvalue weighted by Crippen LogP contribution is 2.24. The maximum atomic E-state index is 12.0. The number of aliphatic hydroxyl groups is 1. The first-order chi connectivity index (χ1) is 8.91. The van der Waals surface area contributed by atoms with Gasteiger partial charge in [-0.05, 0) is 32.4 Å². The number of carbonyl (C=O) groups excluding carboxylic acids is 1. The Morgan fingerprint density at radius 1 is 1.42 bits per heavy atom. The molecule has 0 aliphatic carbocycles. The number of hydrogen-bond acceptors (Lipinski definition) is 3. The first-order valence-corrected chi connectivity index (χ1v) is 6.64. The maximum Gasteiger partial charge on any atom is 0.263 e. The standard InChI is InChI=1S/C14H20ClNO3/c1-10(17)8-9-16(3)14(18)11(2)19-13-7-5-4-6-12(13)15/h4-7,10-11,17H,8-9H2,1-3H3. The quantitative estimate of drug-likeness (QED) is 0.873. The summed E-state index contributed by atoms with van der Waals surface area (Å²) < 4.78 is 5.55. The molecule has 0 aliphatic rings. The number of amides is 1. The predicted octanol–water partition coefficient (Wildman–Crippen LogP) is 2.34. The Morgan fingerprint density at radius 2 is 2.05 bits per heavy atom. The molecule has 0 spiro atoms. The van der Waals surface area contributed by atoms with E-state index < -0.39 is 12.2 Å². The smallest absolute Gasteiger partial charge is 0.263 e. The van der Waals surface area contributed by atoms with E-state index in [4.69, 9.17) is 16.3 Å². The van der Waals surface area contributed by atoms with Crippen molar-refractivity contribution >= 4 is 17.5 Å². The van der Waals surface area contributed by atoms with E-state index in [1.807, 2.05) is 0 Å². The van der Waals surface area contributed by atoms with E-state index in [2.05, 4.69) is 0 Å². The third kappa shape index (κ3) is 5.09. The Hall–Kier alpha value is -1.26. The van der Waals surface area contributed by atoms with Gasteiger partial charge in [-0.1, -0.05) is 23.7 Å². The number of rotatable bonds is 6. The molecule has 0 radical (unpaired) electrons. The van der Waals surface area contributed by atoms with Gasteiger partial charge < -0.3 is 14.7 Å². The Labute approximate surface area is 118 Å². The van der Waals surface area contributed by atoms with Crippen molar-refractivity contribution in [2.45, 2.75) is 32.5 Å². The highest BCUT2D eigenvalue weighted by Gasteiger charge is 2.20. The Bertz CT molecular complexity index is 423. The Kier molecular flexibility index (Phi) is 6.12. The minimum Gasteiger partial charge on any atom is -0.479 e. The van der Waals surface area contributed by atoms with Crippen molar-refractivity contribution in [3.8, 4) is 5.75 Å². The number of likely N-dealkylation sites (N-methyl/N-ethyl adjacent to an activating group) is 1. The van der Waals surface area contributed by atoms with Crippen molar-refractivity contribution in [2.75, 3.05) is 13.6 Å². The SMILES string of the molecule is CC(O)CCN(C)C(=O)C(C)Oc1ccccc1Cl. The summed E-state index contributed by atoms with van der Waals surface area (Å²) >= 11 is 5.97. The van der Waals surface area contributed by atoms with E-state index in [1.54, 1.807) is 50.1 Å². The number of para-hydroxylation sites is 1. The number of hydrogen-bond donors (Lipinski definition) is 1. The van der Waals surface area contributed by atoms with Gasteiger partial charge in [-0.25, -0.2) is 0 Å². The fourth-order valence-electron chi connectivity index (χ4n) is 1.58. The van der Waals surface area contributed by atoms with E-state index in [0.29, 0.717) is 23.7 Å². The Balaban J connectivity index is 2.55. The predicted molar refractivity (Wildman–Crippen MR) is 75.5 cm³/mol. The van der Waals surface area contributed by atoms with E-state index in [1.165, 1.54) is 0 Å². The molecule has 1 aromatic rings. The third-order valence-corrected chi connectivity index (χ3v) is 3.06. The van der Waals surface area contributed by atoms with Crippen molar-refractivity contribution in [2.24, 2.45) is 0 Å². The molecule has 0 saturated carbocycles. The van der Waals surface area contributed by atoms with Crippen LogP contribution in [0.2, 0.25) is 5.02 Å². The van der Waals surface area contributed by atoms with E-state index in [-0.39, 0.29) is 5.91 Å². The van der Waals surface area contributed by atoms with Gasteiger partial charge in [-0.2, -0.15) is 0 Å². The number of nitrogens with zero attached hydrogens (tertiary/aromatic N) is 1. The molecular formula is C14H20ClNO3. The molecule has 0 fully saturated rings. The molecule has 1 amide bonds. The summed E-state index contributed by atoms with van der Waals surface area (Å²) in [7, 11) is 1.69. The second kappa shape index (κ2) is 7.36. The topological polar surface area (TPSA) is 49.8 Å². The van der Waals surface area contributed by atoms with Gasteiger partial charge in [0.2, 0.25) is 0 Å². The Morgan fingerprint density at radius 3 is 2.63 bits per heavy atom. The molecule has 0 aromatic heterocycles. The summed E-state index contributed by atoms with van der Waals surface area (Å²) in [6.07, 6.45) is -0.491. The van der Waals surface area contributed by atoms with Crippen molar-refractivity contribution in [3.63, 3.8) is 0 Å². The lowest BCUT2D eigenvalue weighted by Gasteiger charge is -2.23. The molecule has 19 heavy (non-hydrogen) atoms. The van der Waals surface area contributed by atoms with Gasteiger partial charge in [0.25, 0.3) is 5.91 Å². The lowest BCUT2D eigenvalue weighted by molar-refractivity contribution is -0.136. The average molecular weight is 286 g/mol. The number of carbonyl (C=O) groups is 1. The fourth-order valence-corrected chi connectivity index (χ4v) is 1.76. The average Bonchev–Trinajstić information content (AvgIpc) is 2.37. The van der Waals surface area contributed by atoms with E-state index in [0.717, 1.165) is 0 Å². The molecule has 0 saturated heterocycles. The van der Waals surface area contributed by atoms with E-state index in [9.17, 15) is 9.90 Å². The number of halogens is 1. The minimum atomic E-state index is -0.612. The molecule has 1 N–H and O–H groups in total. The van der Waals surface area contributed by atoms with Crippen molar-refractivity contribution < 1.29 is 14.6 Å². The van der Waals surface area contributed by atoms with Gasteiger partial charge >= 0.3 is 0 Å². The molecule has 0 heterocycles. The van der Waals surface area contributed by atoms with Crippen LogP contribution in [0, 0.1) is 0 Å². The molecule has 4 nitrogen and oxygen atoms in total. The first kappa shape index (κ1) is 15.8. The lowest BCUT2D eigenvalue weighted by Crippen LogP contribution is -2.39. The van der Waals surface area contributed by atoms with Crippen LogP contribution in [0.25, 0.3) is 0 Å². The first-order valence-electron chi connectivity index (χ1n) is 6.26. The van der Waals surface area contributed by atoms with Crippen LogP contribution in [0.3, 0.4) is 0 Å². The molecule has 106 valence electrons. The zero-order valence-corrected chi connectivity index (χ0v) is 12.2. The van der Waals surface area contributed by atoms with Crippen molar-refractivity contribution in [1.82, 2.24) is 4.90 Å². The summed E-state index contributed by atoms with van der Waals surface area (Å²) in [4.78, 5) is 13.6. The largest absolute Gasteiger partial charge is 0.479 e. The van der Waals surface area contributed by atoms with Crippen LogP contribution in [0.1, 0.15) is 20.3 Å². The molecule has 2 atom stereocenters. The summed E-state index contributed by atoms with van der Waals surface area (Å²) in [6.45, 7) is 3.87. The van der Waals surface area contributed by atoms with Crippen LogP contribution >= 0.6 is 11.6 Å². The maximum absolute atomic E-state index is 12.0. The van der Waals surface area contributed by atoms with Crippen molar-refractivity contribution in [3.05, 3.63) is 29.3 Å². The summed E-state index contributed by atoms with van der Waals surface area (Å²) in [5, 5.41) is 9.69. The van der Waals surface area contributed by atoms with Crippen LogP contribution in [0.4, 0.5) is 0 Å². The third-order valence-electron chi connectivity index (χ3n) is 2.75. The van der Waals surface area contributed by atoms with Crippen LogP contribution < -0.4 is 4.74 Å². The van der Waals surface area contributed by atoms with Gasteiger partial charge in [0.15, 0.2) is 6.10 Å². The van der Waals surface area contributed by atoms with Gasteiger partial charge in [0.1, 0.15) is 5.75 Å². The van der Waals surface area contributed by atoms with Gasteiger partial charge in [0, 0.05) is 13.6 Å².